The third kappa shape index (κ3) is 13.9. The number of hydrogen-bond acceptors (Lipinski definition) is 13. The Hall–Kier alpha value is -5.05. The largest absolute Gasteiger partial charge is 0.464 e. The molecule has 2 aromatic carbocycles. The van der Waals surface area contributed by atoms with E-state index < -0.39 is 50.1 Å². The van der Waals surface area contributed by atoms with Crippen LogP contribution in [0.5, 0.6) is 5.75 Å². The molecular weight excluding hydrogens is 729 g/mol. The third-order valence-electron chi connectivity index (χ3n) is 8.16. The van der Waals surface area contributed by atoms with Crippen molar-refractivity contribution in [3.63, 3.8) is 0 Å². The van der Waals surface area contributed by atoms with Gasteiger partial charge in [-0.3, -0.25) is 9.36 Å². The number of imidazole rings is 1. The zero-order valence-corrected chi connectivity index (χ0v) is 32.9. The van der Waals surface area contributed by atoms with E-state index in [4.69, 9.17) is 29.2 Å². The number of fused-ring (bicyclic) bond motifs is 1. The normalized spacial score (nSPS) is 14.1. The van der Waals surface area contributed by atoms with Gasteiger partial charge in [-0.05, 0) is 57.4 Å². The van der Waals surface area contributed by atoms with Gasteiger partial charge in [0, 0.05) is 6.42 Å². The highest BCUT2D eigenvalue weighted by Gasteiger charge is 2.32. The number of ether oxygens (including phenoxy) is 4. The van der Waals surface area contributed by atoms with Gasteiger partial charge in [0.2, 0.25) is 0 Å². The first kappa shape index (κ1) is 42.7. The lowest BCUT2D eigenvalue weighted by Crippen LogP contribution is -2.43. The number of unbranched alkanes of at least 4 members (excludes halogenated alkanes) is 3. The van der Waals surface area contributed by atoms with Gasteiger partial charge in [0.25, 0.3) is 0 Å². The number of anilines is 1. The Morgan fingerprint density at radius 2 is 1.64 bits per heavy atom. The van der Waals surface area contributed by atoms with E-state index in [9.17, 15) is 18.9 Å². The highest BCUT2D eigenvalue weighted by Crippen LogP contribution is 2.44. The number of benzene rings is 2. The van der Waals surface area contributed by atoms with Gasteiger partial charge in [0.1, 0.15) is 42.6 Å². The summed E-state index contributed by atoms with van der Waals surface area (Å²) in [5.41, 5.74) is 8.35. The number of rotatable bonds is 22. The van der Waals surface area contributed by atoms with Crippen LogP contribution >= 0.6 is 7.52 Å². The van der Waals surface area contributed by atoms with Crippen LogP contribution in [0.4, 0.5) is 10.6 Å². The first-order valence-electron chi connectivity index (χ1n) is 18.4. The fraction of sp³-hybridized carbons (Fsp3) is 0.474. The Balaban J connectivity index is 1.44. The molecule has 2 aromatic heterocycles. The second kappa shape index (κ2) is 21.1. The van der Waals surface area contributed by atoms with Crippen LogP contribution in [-0.4, -0.2) is 74.8 Å². The Labute approximate surface area is 321 Å². The molecule has 4 N–H and O–H groups in total. The minimum atomic E-state index is -3.92. The number of nitrogens with one attached hydrogen (secondary N) is 2. The lowest BCUT2D eigenvalue weighted by molar-refractivity contribution is -0.149. The van der Waals surface area contributed by atoms with Gasteiger partial charge in [-0.15, -0.1) is 0 Å². The van der Waals surface area contributed by atoms with Crippen LogP contribution in [0.25, 0.3) is 11.2 Å². The zero-order valence-electron chi connectivity index (χ0n) is 32.0. The van der Waals surface area contributed by atoms with Crippen LogP contribution in [-0.2, 0) is 52.7 Å². The number of aromatic nitrogens is 4. The monoisotopic (exact) mass is 781 g/mol. The molecule has 0 aliphatic carbocycles. The van der Waals surface area contributed by atoms with Crippen molar-refractivity contribution in [3.8, 4) is 5.75 Å². The predicted molar refractivity (Wildman–Crippen MR) is 206 cm³/mol. The molecular formula is C38H52N7O9P. The summed E-state index contributed by atoms with van der Waals surface area (Å²) in [7, 11) is -3.92. The fourth-order valence-corrected chi connectivity index (χ4v) is 7.14. The molecule has 0 aliphatic rings. The molecule has 0 fully saturated rings. The number of nitrogen functional groups attached to an aromatic ring is 1. The van der Waals surface area contributed by atoms with Gasteiger partial charge in [-0.25, -0.2) is 29.6 Å². The number of alkyl carbamates (subject to hydrolysis) is 1. The maximum atomic E-state index is 14.3. The third-order valence-corrected chi connectivity index (χ3v) is 9.93. The summed E-state index contributed by atoms with van der Waals surface area (Å²) in [4.78, 5) is 51.1. The molecule has 2 heterocycles. The second-order valence-electron chi connectivity index (χ2n) is 13.4. The standard InChI is InChI=1S/C38H52N7O9P/c1-6-7-8-12-19-50-37(47)32(43-38(48)51-22-30-13-10-9-11-14-30)20-29-15-17-31(18-16-29)54-55(49,44-28(5)36(46)53-26(2)3)25-52-27(4)21-45-24-42-33-34(39)40-23-41-35(33)45/h9-11,13-18,23-24,26-28,32H,6-8,12,19-22,25H2,1-5H3,(H,43,48)(H,44,49)(H2,39,40,41)/t27-,28+,32+,55?/m1/s1. The van der Waals surface area contributed by atoms with Gasteiger partial charge in [0.05, 0.1) is 31.7 Å². The molecule has 0 spiro atoms. The maximum Gasteiger partial charge on any atom is 0.408 e. The summed E-state index contributed by atoms with van der Waals surface area (Å²) >= 11 is 0. The predicted octanol–water partition coefficient (Wildman–Crippen LogP) is 5.93. The van der Waals surface area contributed by atoms with E-state index in [0.717, 1.165) is 24.8 Å². The average molecular weight is 782 g/mol. The molecule has 16 nitrogen and oxygen atoms in total. The van der Waals surface area contributed by atoms with Crippen LogP contribution in [0, 0.1) is 0 Å². The highest BCUT2D eigenvalue weighted by molar-refractivity contribution is 7.57. The van der Waals surface area contributed by atoms with Crippen LogP contribution < -0.4 is 20.7 Å². The van der Waals surface area contributed by atoms with Crippen molar-refractivity contribution in [1.29, 1.82) is 0 Å². The first-order chi connectivity index (χ1) is 26.4. The molecule has 4 atom stereocenters. The van der Waals surface area contributed by atoms with Crippen molar-refractivity contribution >= 4 is 42.5 Å². The molecule has 1 amide bonds. The van der Waals surface area contributed by atoms with Crippen molar-refractivity contribution in [1.82, 2.24) is 29.9 Å². The molecule has 55 heavy (non-hydrogen) atoms. The highest BCUT2D eigenvalue weighted by atomic mass is 31.2. The van der Waals surface area contributed by atoms with E-state index in [1.165, 1.54) is 13.3 Å². The Morgan fingerprint density at radius 3 is 2.35 bits per heavy atom. The number of hydrogen-bond donors (Lipinski definition) is 3. The summed E-state index contributed by atoms with van der Waals surface area (Å²) in [6, 6.07) is 13.7. The number of esters is 2. The van der Waals surface area contributed by atoms with Crippen molar-refractivity contribution in [2.24, 2.45) is 0 Å². The van der Waals surface area contributed by atoms with Gasteiger partial charge in [0.15, 0.2) is 11.5 Å². The minimum absolute atomic E-state index is 0.0341. The Bertz CT molecular complexity index is 1880. The van der Waals surface area contributed by atoms with E-state index in [0.29, 0.717) is 29.7 Å². The minimum Gasteiger partial charge on any atom is -0.464 e. The van der Waals surface area contributed by atoms with Gasteiger partial charge < -0.3 is 39.1 Å². The number of nitrogens with two attached hydrogens (primary N) is 1. The molecule has 4 aromatic rings. The van der Waals surface area contributed by atoms with Crippen LogP contribution in [0.2, 0.25) is 0 Å². The van der Waals surface area contributed by atoms with E-state index in [2.05, 4.69) is 32.3 Å². The lowest BCUT2D eigenvalue weighted by Gasteiger charge is -2.25. The summed E-state index contributed by atoms with van der Waals surface area (Å²) in [5.74, 6) is -0.741. The maximum absolute atomic E-state index is 14.3. The summed E-state index contributed by atoms with van der Waals surface area (Å²) in [5, 5.41) is 5.43. The molecule has 1 unspecified atom stereocenters. The SMILES string of the molecule is CCCCCCOC(=O)[C@H](Cc1ccc(OP(=O)(CO[C@H](C)Cn2cnc3c(N)ncnc32)N[C@@H](C)C(=O)OC(C)C)cc1)NC(=O)OCc1ccccc1. The summed E-state index contributed by atoms with van der Waals surface area (Å²) in [6.07, 6.45) is 4.66. The quantitative estimate of drug-likeness (QED) is 0.0365. The number of carbonyl (C=O) groups excluding carboxylic acids is 3. The molecule has 0 saturated carbocycles. The topological polar surface area (TPSA) is 208 Å². The lowest BCUT2D eigenvalue weighted by atomic mass is 10.1. The van der Waals surface area contributed by atoms with Crippen molar-refractivity contribution < 1.29 is 42.4 Å². The van der Waals surface area contributed by atoms with E-state index in [1.54, 1.807) is 55.9 Å². The Morgan fingerprint density at radius 1 is 0.891 bits per heavy atom. The van der Waals surface area contributed by atoms with Crippen LogP contribution in [0.1, 0.15) is 71.4 Å². The summed E-state index contributed by atoms with van der Waals surface area (Å²) in [6.45, 7) is 9.39. The van der Waals surface area contributed by atoms with Crippen LogP contribution in [0.3, 0.4) is 0 Å². The van der Waals surface area contributed by atoms with Crippen molar-refractivity contribution in [2.45, 2.75) is 104 Å². The van der Waals surface area contributed by atoms with Crippen LogP contribution in [0.15, 0.2) is 67.3 Å². The van der Waals surface area contributed by atoms with E-state index in [1.807, 2.05) is 30.3 Å². The second-order valence-corrected chi connectivity index (χ2v) is 15.4. The fourth-order valence-electron chi connectivity index (χ4n) is 5.35. The smallest absolute Gasteiger partial charge is 0.408 e. The first-order valence-corrected chi connectivity index (χ1v) is 20.2. The van der Waals surface area contributed by atoms with Crippen molar-refractivity contribution in [2.75, 3.05) is 18.7 Å². The molecule has 0 bridgehead atoms. The molecule has 298 valence electrons. The summed E-state index contributed by atoms with van der Waals surface area (Å²) < 4.78 is 44.2. The average Bonchev–Trinajstić information content (AvgIpc) is 3.57. The zero-order chi connectivity index (χ0) is 39.8. The molecule has 0 radical (unpaired) electrons. The molecule has 17 heteroatoms. The van der Waals surface area contributed by atoms with Gasteiger partial charge in [-0.1, -0.05) is 68.7 Å². The van der Waals surface area contributed by atoms with Gasteiger partial charge in [-0.2, -0.15) is 0 Å². The number of nitrogens with zero attached hydrogens (tertiary/aromatic N) is 4. The Kier molecular flexibility index (Phi) is 16.4. The number of carbonyl (C=O) groups is 3. The molecule has 4 rings (SSSR count). The molecule has 0 aliphatic heterocycles. The van der Waals surface area contributed by atoms with E-state index >= 15 is 0 Å². The van der Waals surface area contributed by atoms with E-state index in [-0.39, 0.29) is 37.3 Å². The molecule has 0 saturated heterocycles. The number of amides is 1. The van der Waals surface area contributed by atoms with Crippen molar-refractivity contribution in [3.05, 3.63) is 78.4 Å². The van der Waals surface area contributed by atoms with Gasteiger partial charge >= 0.3 is 25.6 Å².